The number of rotatable bonds is 6. The predicted octanol–water partition coefficient (Wildman–Crippen LogP) is 2.75. The molecular weight excluding hydrogens is 356 g/mol. The van der Waals surface area contributed by atoms with E-state index in [1.807, 2.05) is 37.3 Å². The summed E-state index contributed by atoms with van der Waals surface area (Å²) in [7, 11) is 0. The number of aromatic nitrogens is 2. The fraction of sp³-hybridized carbons (Fsp3) is 0.0952. The molecule has 0 aliphatic heterocycles. The lowest BCUT2D eigenvalue weighted by molar-refractivity contribution is -0.117. The van der Waals surface area contributed by atoms with Gasteiger partial charge in [0.2, 0.25) is 0 Å². The van der Waals surface area contributed by atoms with Gasteiger partial charge in [0.25, 0.3) is 11.8 Å². The molecule has 1 heterocycles. The minimum absolute atomic E-state index is 0.414. The molecule has 0 aliphatic carbocycles. The van der Waals surface area contributed by atoms with Gasteiger partial charge in [-0.1, -0.05) is 18.2 Å². The van der Waals surface area contributed by atoms with Gasteiger partial charge in [0.15, 0.2) is 0 Å². The van der Waals surface area contributed by atoms with Crippen LogP contribution in [0.3, 0.4) is 0 Å². The Morgan fingerprint density at radius 3 is 2.54 bits per heavy atom. The van der Waals surface area contributed by atoms with Crippen LogP contribution in [0.1, 0.15) is 22.8 Å². The predicted molar refractivity (Wildman–Crippen MR) is 106 cm³/mol. The Balaban J connectivity index is 1.51. The van der Waals surface area contributed by atoms with Crippen molar-refractivity contribution < 1.29 is 14.3 Å². The number of hydrazine groups is 1. The van der Waals surface area contributed by atoms with Crippen molar-refractivity contribution in [2.75, 3.05) is 6.61 Å². The van der Waals surface area contributed by atoms with Gasteiger partial charge < -0.3 is 4.74 Å². The molecule has 0 radical (unpaired) electrons. The number of hydrogen-bond acceptors (Lipinski definition) is 4. The first-order valence-electron chi connectivity index (χ1n) is 8.77. The number of para-hydroxylation sites is 1. The minimum atomic E-state index is -0.452. The van der Waals surface area contributed by atoms with Crippen LogP contribution in [0.5, 0.6) is 5.75 Å². The fourth-order valence-corrected chi connectivity index (χ4v) is 2.42. The van der Waals surface area contributed by atoms with Gasteiger partial charge in [-0.05, 0) is 49.4 Å². The first kappa shape index (κ1) is 18.9. The highest BCUT2D eigenvalue weighted by atomic mass is 16.5. The highest BCUT2D eigenvalue weighted by Gasteiger charge is 2.06. The second-order valence-corrected chi connectivity index (χ2v) is 5.79. The number of benzene rings is 2. The van der Waals surface area contributed by atoms with Gasteiger partial charge in [-0.2, -0.15) is 5.10 Å². The van der Waals surface area contributed by atoms with Crippen molar-refractivity contribution in [1.82, 2.24) is 20.6 Å². The van der Waals surface area contributed by atoms with Crippen LogP contribution in [0, 0.1) is 0 Å². The van der Waals surface area contributed by atoms with Crippen LogP contribution in [-0.2, 0) is 4.79 Å². The van der Waals surface area contributed by atoms with Gasteiger partial charge in [-0.25, -0.2) is 4.68 Å². The Labute approximate surface area is 162 Å². The standard InChI is InChI=1S/C21H20N4O3/c1-2-28-19-11-9-17(10-12-19)21(27)24-23-20(26)13-8-16-14-22-25(15-16)18-6-4-3-5-7-18/h3-15H,2H2,1H3,(H,23,26)(H,24,27)/b13-8+. The Bertz CT molecular complexity index is 963. The lowest BCUT2D eigenvalue weighted by Crippen LogP contribution is -2.40. The zero-order chi connectivity index (χ0) is 19.8. The van der Waals surface area contributed by atoms with Gasteiger partial charge in [-0.3, -0.25) is 20.4 Å². The van der Waals surface area contributed by atoms with Crippen molar-refractivity contribution in [2.45, 2.75) is 6.92 Å². The molecule has 0 atom stereocenters. The molecule has 3 rings (SSSR count). The molecule has 0 aliphatic rings. The second-order valence-electron chi connectivity index (χ2n) is 5.79. The lowest BCUT2D eigenvalue weighted by Gasteiger charge is -2.06. The molecule has 2 N–H and O–H groups in total. The third-order valence-electron chi connectivity index (χ3n) is 3.78. The molecule has 0 fully saturated rings. The molecule has 142 valence electrons. The number of nitrogens with one attached hydrogen (secondary N) is 2. The zero-order valence-electron chi connectivity index (χ0n) is 15.3. The minimum Gasteiger partial charge on any atom is -0.494 e. The van der Waals surface area contributed by atoms with E-state index in [0.29, 0.717) is 17.9 Å². The first-order valence-corrected chi connectivity index (χ1v) is 8.77. The largest absolute Gasteiger partial charge is 0.494 e. The summed E-state index contributed by atoms with van der Waals surface area (Å²) in [4.78, 5) is 24.0. The summed E-state index contributed by atoms with van der Waals surface area (Å²) in [6.45, 7) is 2.44. The van der Waals surface area contributed by atoms with Crippen LogP contribution < -0.4 is 15.6 Å². The second kappa shape index (κ2) is 9.18. The number of amides is 2. The maximum atomic E-state index is 12.0. The molecule has 2 amide bonds. The molecule has 3 aromatic rings. The van der Waals surface area contributed by atoms with Crippen molar-refractivity contribution in [1.29, 1.82) is 0 Å². The Morgan fingerprint density at radius 2 is 1.82 bits per heavy atom. The van der Waals surface area contributed by atoms with Crippen molar-refractivity contribution in [3.05, 3.63) is 84.2 Å². The van der Waals surface area contributed by atoms with E-state index in [9.17, 15) is 9.59 Å². The van der Waals surface area contributed by atoms with E-state index >= 15 is 0 Å². The summed E-state index contributed by atoms with van der Waals surface area (Å²) in [5.74, 6) is -0.185. The molecule has 7 heteroatoms. The molecule has 1 aromatic heterocycles. The van der Waals surface area contributed by atoms with Crippen LogP contribution in [-0.4, -0.2) is 28.2 Å². The third kappa shape index (κ3) is 5.07. The first-order chi connectivity index (χ1) is 13.7. The van der Waals surface area contributed by atoms with Gasteiger partial charge in [0.05, 0.1) is 18.5 Å². The van der Waals surface area contributed by atoms with E-state index < -0.39 is 11.8 Å². The molecule has 0 saturated carbocycles. The summed E-state index contributed by atoms with van der Waals surface area (Å²) in [5, 5.41) is 4.25. The smallest absolute Gasteiger partial charge is 0.269 e. The number of ether oxygens (including phenoxy) is 1. The van der Waals surface area contributed by atoms with Crippen molar-refractivity contribution in [3.8, 4) is 11.4 Å². The van der Waals surface area contributed by atoms with Crippen LogP contribution in [0.2, 0.25) is 0 Å². The fourth-order valence-electron chi connectivity index (χ4n) is 2.42. The van der Waals surface area contributed by atoms with E-state index in [1.54, 1.807) is 47.4 Å². The lowest BCUT2D eigenvalue weighted by atomic mass is 10.2. The summed E-state index contributed by atoms with van der Waals surface area (Å²) in [6, 6.07) is 16.3. The molecule has 0 saturated heterocycles. The Kier molecular flexibility index (Phi) is 6.20. The van der Waals surface area contributed by atoms with Crippen LogP contribution >= 0.6 is 0 Å². The number of hydrogen-bond donors (Lipinski definition) is 2. The summed E-state index contributed by atoms with van der Waals surface area (Å²) in [5.41, 5.74) is 6.81. The molecule has 0 bridgehead atoms. The SMILES string of the molecule is CCOc1ccc(C(=O)NNC(=O)/C=C/c2cnn(-c3ccccc3)c2)cc1. The highest BCUT2D eigenvalue weighted by molar-refractivity contribution is 5.97. The normalized spacial score (nSPS) is 10.6. The topological polar surface area (TPSA) is 85.2 Å². The van der Waals surface area contributed by atoms with Crippen molar-refractivity contribution in [2.24, 2.45) is 0 Å². The van der Waals surface area contributed by atoms with E-state index in [4.69, 9.17) is 4.74 Å². The summed E-state index contributed by atoms with van der Waals surface area (Å²) in [6.07, 6.45) is 6.39. The van der Waals surface area contributed by atoms with Crippen LogP contribution in [0.25, 0.3) is 11.8 Å². The highest BCUT2D eigenvalue weighted by Crippen LogP contribution is 2.12. The zero-order valence-corrected chi connectivity index (χ0v) is 15.3. The molecule has 28 heavy (non-hydrogen) atoms. The van der Waals surface area contributed by atoms with Crippen LogP contribution in [0.4, 0.5) is 0 Å². The summed E-state index contributed by atoms with van der Waals surface area (Å²) >= 11 is 0. The number of carbonyl (C=O) groups is 2. The molecular formula is C21H20N4O3. The quantitative estimate of drug-likeness (QED) is 0.512. The average Bonchev–Trinajstić information content (AvgIpc) is 3.21. The van der Waals surface area contributed by atoms with Gasteiger partial charge >= 0.3 is 0 Å². The molecule has 0 unspecified atom stereocenters. The Morgan fingerprint density at radius 1 is 1.07 bits per heavy atom. The van der Waals surface area contributed by atoms with Crippen molar-refractivity contribution in [3.63, 3.8) is 0 Å². The molecule has 0 spiro atoms. The molecule has 2 aromatic carbocycles. The van der Waals surface area contributed by atoms with E-state index in [1.165, 1.54) is 6.08 Å². The van der Waals surface area contributed by atoms with Gasteiger partial charge in [0, 0.05) is 23.4 Å². The monoisotopic (exact) mass is 376 g/mol. The van der Waals surface area contributed by atoms with Crippen LogP contribution in [0.15, 0.2) is 73.1 Å². The van der Waals surface area contributed by atoms with Crippen molar-refractivity contribution >= 4 is 17.9 Å². The average molecular weight is 376 g/mol. The van der Waals surface area contributed by atoms with E-state index in [0.717, 1.165) is 11.3 Å². The maximum Gasteiger partial charge on any atom is 0.269 e. The maximum absolute atomic E-state index is 12.0. The van der Waals surface area contributed by atoms with Gasteiger partial charge in [-0.15, -0.1) is 0 Å². The summed E-state index contributed by atoms with van der Waals surface area (Å²) < 4.78 is 7.04. The number of carbonyl (C=O) groups excluding carboxylic acids is 2. The molecule has 7 nitrogen and oxygen atoms in total. The Hall–Kier alpha value is -3.87. The van der Waals surface area contributed by atoms with E-state index in [2.05, 4.69) is 16.0 Å². The third-order valence-corrected chi connectivity index (χ3v) is 3.78. The number of nitrogens with zero attached hydrogens (tertiary/aromatic N) is 2. The van der Waals surface area contributed by atoms with Gasteiger partial charge in [0.1, 0.15) is 5.75 Å². The van der Waals surface area contributed by atoms with E-state index in [-0.39, 0.29) is 0 Å².